The van der Waals surface area contributed by atoms with Crippen molar-refractivity contribution >= 4 is 23.7 Å². The van der Waals surface area contributed by atoms with Gasteiger partial charge >= 0.3 is 5.97 Å². The Hall–Kier alpha value is -2.16. The van der Waals surface area contributed by atoms with Crippen molar-refractivity contribution in [2.24, 2.45) is 23.5 Å². The van der Waals surface area contributed by atoms with E-state index in [1.807, 2.05) is 27.7 Å². The highest BCUT2D eigenvalue weighted by Gasteiger charge is 2.33. The zero-order valence-electron chi connectivity index (χ0n) is 18.6. The summed E-state index contributed by atoms with van der Waals surface area (Å²) in [7, 11) is 0. The fourth-order valence-corrected chi connectivity index (χ4v) is 2.72. The summed E-state index contributed by atoms with van der Waals surface area (Å²) in [5.74, 6) is -2.90. The van der Waals surface area contributed by atoms with E-state index in [0.717, 1.165) is 0 Å². The number of aliphatic carboxylic acids is 1. The summed E-state index contributed by atoms with van der Waals surface area (Å²) in [5, 5.41) is 16.7. The minimum Gasteiger partial charge on any atom is -0.480 e. The van der Waals surface area contributed by atoms with Crippen molar-refractivity contribution in [3.8, 4) is 0 Å². The largest absolute Gasteiger partial charge is 0.480 e. The molecule has 0 aromatic carbocycles. The first-order valence-corrected chi connectivity index (χ1v) is 10.2. The number of nitrogens with two attached hydrogens (primary N) is 1. The fraction of sp³-hybridized carbons (Fsp3) is 0.800. The van der Waals surface area contributed by atoms with Crippen LogP contribution in [0.5, 0.6) is 0 Å². The highest BCUT2D eigenvalue weighted by atomic mass is 16.4. The number of hydrogen-bond acceptors (Lipinski definition) is 5. The van der Waals surface area contributed by atoms with E-state index in [1.54, 1.807) is 13.8 Å². The molecule has 0 saturated heterocycles. The van der Waals surface area contributed by atoms with Crippen molar-refractivity contribution in [2.45, 2.75) is 85.5 Å². The Kier molecular flexibility index (Phi) is 11.5. The monoisotopic (exact) mass is 414 g/mol. The molecule has 0 rings (SSSR count). The lowest BCUT2D eigenvalue weighted by atomic mass is 9.95. The number of amides is 3. The SMILES string of the molecule is CCC(C)C(NC(=O)C(N)CC(C)C)C(=O)NC(C(=O)NC(C)C(=O)O)C(C)C. The van der Waals surface area contributed by atoms with Gasteiger partial charge in [-0.05, 0) is 31.1 Å². The maximum Gasteiger partial charge on any atom is 0.325 e. The Morgan fingerprint density at radius 2 is 1.31 bits per heavy atom. The summed E-state index contributed by atoms with van der Waals surface area (Å²) in [6, 6.07) is -3.59. The van der Waals surface area contributed by atoms with Crippen molar-refractivity contribution in [3.05, 3.63) is 0 Å². The molecule has 0 aliphatic rings. The van der Waals surface area contributed by atoms with Gasteiger partial charge in [0, 0.05) is 0 Å². The number of carboxylic acids is 1. The van der Waals surface area contributed by atoms with Crippen LogP contribution in [0.1, 0.15) is 61.3 Å². The number of carbonyl (C=O) groups is 4. The molecule has 6 N–H and O–H groups in total. The third-order valence-corrected chi connectivity index (χ3v) is 4.83. The number of hydrogen-bond donors (Lipinski definition) is 5. The molecule has 0 bridgehead atoms. The molecule has 0 fully saturated rings. The zero-order valence-corrected chi connectivity index (χ0v) is 18.6. The first kappa shape index (κ1) is 26.8. The Morgan fingerprint density at radius 1 is 0.828 bits per heavy atom. The van der Waals surface area contributed by atoms with Gasteiger partial charge < -0.3 is 26.8 Å². The molecule has 0 radical (unpaired) electrons. The molecule has 0 aromatic rings. The van der Waals surface area contributed by atoms with Crippen LogP contribution in [0.15, 0.2) is 0 Å². The van der Waals surface area contributed by atoms with Gasteiger partial charge in [0.15, 0.2) is 0 Å². The lowest BCUT2D eigenvalue weighted by Gasteiger charge is -2.29. The van der Waals surface area contributed by atoms with Crippen molar-refractivity contribution in [1.82, 2.24) is 16.0 Å². The first-order chi connectivity index (χ1) is 13.3. The van der Waals surface area contributed by atoms with Crippen molar-refractivity contribution < 1.29 is 24.3 Å². The highest BCUT2D eigenvalue weighted by Crippen LogP contribution is 2.11. The maximum atomic E-state index is 12.9. The normalized spacial score (nSPS) is 16.5. The predicted octanol–water partition coefficient (Wildman–Crippen LogP) is 0.621. The first-order valence-electron chi connectivity index (χ1n) is 10.2. The summed E-state index contributed by atoms with van der Waals surface area (Å²) < 4.78 is 0. The molecule has 168 valence electrons. The summed E-state index contributed by atoms with van der Waals surface area (Å²) >= 11 is 0. The highest BCUT2D eigenvalue weighted by molar-refractivity contribution is 5.94. The molecule has 0 aliphatic carbocycles. The van der Waals surface area contributed by atoms with E-state index in [4.69, 9.17) is 10.8 Å². The van der Waals surface area contributed by atoms with Crippen LogP contribution in [-0.4, -0.2) is 53.0 Å². The number of carboxylic acid groups (broad SMARTS) is 1. The van der Waals surface area contributed by atoms with E-state index in [1.165, 1.54) is 6.92 Å². The number of nitrogens with one attached hydrogen (secondary N) is 3. The van der Waals surface area contributed by atoms with Gasteiger partial charge in [-0.3, -0.25) is 19.2 Å². The van der Waals surface area contributed by atoms with Gasteiger partial charge in [0.2, 0.25) is 17.7 Å². The topological polar surface area (TPSA) is 151 Å². The van der Waals surface area contributed by atoms with Crippen LogP contribution in [0.2, 0.25) is 0 Å². The molecule has 0 spiro atoms. The van der Waals surface area contributed by atoms with Crippen LogP contribution in [0.4, 0.5) is 0 Å². The molecule has 5 atom stereocenters. The molecular weight excluding hydrogens is 376 g/mol. The smallest absolute Gasteiger partial charge is 0.325 e. The summed E-state index contributed by atoms with van der Waals surface area (Å²) in [5.41, 5.74) is 5.93. The van der Waals surface area contributed by atoms with Crippen LogP contribution < -0.4 is 21.7 Å². The number of rotatable bonds is 12. The van der Waals surface area contributed by atoms with E-state index >= 15 is 0 Å². The van der Waals surface area contributed by atoms with Crippen LogP contribution >= 0.6 is 0 Å². The Morgan fingerprint density at radius 3 is 1.72 bits per heavy atom. The van der Waals surface area contributed by atoms with E-state index in [-0.39, 0.29) is 17.8 Å². The van der Waals surface area contributed by atoms with Crippen molar-refractivity contribution in [3.63, 3.8) is 0 Å². The molecule has 5 unspecified atom stereocenters. The zero-order chi connectivity index (χ0) is 22.9. The lowest BCUT2D eigenvalue weighted by Crippen LogP contribution is -2.59. The molecule has 0 heterocycles. The van der Waals surface area contributed by atoms with Gasteiger partial charge in [-0.2, -0.15) is 0 Å². The second-order valence-corrected chi connectivity index (χ2v) is 8.41. The van der Waals surface area contributed by atoms with Crippen LogP contribution in [0.3, 0.4) is 0 Å². The standard InChI is InChI=1S/C20H38N4O5/c1-8-12(6)16(24-17(25)14(21)9-10(2)3)19(27)23-15(11(4)5)18(26)22-13(7)20(28)29/h10-16H,8-9,21H2,1-7H3,(H,22,26)(H,23,27)(H,24,25)(H,28,29). The van der Waals surface area contributed by atoms with Gasteiger partial charge in [-0.25, -0.2) is 0 Å². The average molecular weight is 415 g/mol. The average Bonchev–Trinajstić information content (AvgIpc) is 2.61. The summed E-state index contributed by atoms with van der Waals surface area (Å²) in [4.78, 5) is 48.8. The Labute approximate surface area is 173 Å². The van der Waals surface area contributed by atoms with Gasteiger partial charge in [-0.15, -0.1) is 0 Å². The van der Waals surface area contributed by atoms with E-state index in [0.29, 0.717) is 12.8 Å². The van der Waals surface area contributed by atoms with E-state index in [9.17, 15) is 19.2 Å². The van der Waals surface area contributed by atoms with Crippen molar-refractivity contribution in [2.75, 3.05) is 0 Å². The third-order valence-electron chi connectivity index (χ3n) is 4.83. The molecule has 29 heavy (non-hydrogen) atoms. The second kappa shape index (κ2) is 12.4. The predicted molar refractivity (Wildman–Crippen MR) is 111 cm³/mol. The van der Waals surface area contributed by atoms with Gasteiger partial charge in [0.25, 0.3) is 0 Å². The van der Waals surface area contributed by atoms with Crippen LogP contribution in [0.25, 0.3) is 0 Å². The summed E-state index contributed by atoms with van der Waals surface area (Å²) in [6.45, 7) is 12.5. The lowest BCUT2D eigenvalue weighted by molar-refractivity contribution is -0.142. The van der Waals surface area contributed by atoms with Crippen molar-refractivity contribution in [1.29, 1.82) is 0 Å². The number of carbonyl (C=O) groups excluding carboxylic acids is 3. The second-order valence-electron chi connectivity index (χ2n) is 8.41. The minimum absolute atomic E-state index is 0.181. The molecule has 3 amide bonds. The Balaban J connectivity index is 5.33. The van der Waals surface area contributed by atoms with E-state index < -0.39 is 47.9 Å². The molecule has 0 aromatic heterocycles. The van der Waals surface area contributed by atoms with Crippen LogP contribution in [-0.2, 0) is 19.2 Å². The maximum absolute atomic E-state index is 12.9. The van der Waals surface area contributed by atoms with E-state index in [2.05, 4.69) is 16.0 Å². The Bertz CT molecular complexity index is 579. The molecule has 9 nitrogen and oxygen atoms in total. The summed E-state index contributed by atoms with van der Waals surface area (Å²) in [6.07, 6.45) is 1.12. The fourth-order valence-electron chi connectivity index (χ4n) is 2.72. The van der Waals surface area contributed by atoms with Gasteiger partial charge in [0.1, 0.15) is 18.1 Å². The molecule has 9 heteroatoms. The molecule has 0 saturated carbocycles. The van der Waals surface area contributed by atoms with Crippen LogP contribution in [0, 0.1) is 17.8 Å². The molecular formula is C20H38N4O5. The van der Waals surface area contributed by atoms with Gasteiger partial charge in [-0.1, -0.05) is 48.0 Å². The van der Waals surface area contributed by atoms with Gasteiger partial charge in [0.05, 0.1) is 6.04 Å². The third kappa shape index (κ3) is 9.25. The quantitative estimate of drug-likeness (QED) is 0.316. The minimum atomic E-state index is -1.17. The molecule has 0 aliphatic heterocycles.